The van der Waals surface area contributed by atoms with Crippen LogP contribution in [-0.4, -0.2) is 15.3 Å². The second kappa shape index (κ2) is 10.7. The summed E-state index contributed by atoms with van der Waals surface area (Å²) in [5, 5.41) is 29.3. The third-order valence-corrected chi connectivity index (χ3v) is 5.95. The molecule has 4 aromatic carbocycles. The second-order valence-corrected chi connectivity index (χ2v) is 8.67. The quantitative estimate of drug-likeness (QED) is 0.293. The molecule has 33 heavy (non-hydrogen) atoms. The van der Waals surface area contributed by atoms with E-state index in [2.05, 4.69) is 18.2 Å². The Kier molecular flexibility index (Phi) is 7.31. The molecule has 3 heteroatoms. The van der Waals surface area contributed by atoms with Crippen LogP contribution in [-0.2, 0) is 38.5 Å². The fourth-order valence-electron chi connectivity index (χ4n) is 4.27. The van der Waals surface area contributed by atoms with E-state index in [4.69, 9.17) is 0 Å². The van der Waals surface area contributed by atoms with Crippen LogP contribution in [0.4, 0.5) is 0 Å². The molecule has 0 saturated carbocycles. The summed E-state index contributed by atoms with van der Waals surface area (Å²) in [5.41, 5.74) is 7.25. The molecule has 0 unspecified atom stereocenters. The highest BCUT2D eigenvalue weighted by molar-refractivity contribution is 5.35. The molecule has 0 atom stereocenters. The fourth-order valence-corrected chi connectivity index (χ4v) is 4.27. The van der Waals surface area contributed by atoms with Gasteiger partial charge in [0.25, 0.3) is 0 Å². The number of hydrogen-bond acceptors (Lipinski definition) is 3. The Morgan fingerprint density at radius 2 is 0.606 bits per heavy atom. The Hall–Kier alpha value is -3.72. The summed E-state index contributed by atoms with van der Waals surface area (Å²) >= 11 is 0. The van der Waals surface area contributed by atoms with Crippen molar-refractivity contribution in [2.75, 3.05) is 0 Å². The number of hydrogen-bond donors (Lipinski definition) is 3. The van der Waals surface area contributed by atoms with E-state index in [1.54, 1.807) is 18.2 Å². The largest absolute Gasteiger partial charge is 0.508 e. The summed E-state index contributed by atoms with van der Waals surface area (Å²) < 4.78 is 0. The Labute approximate surface area is 195 Å². The zero-order valence-electron chi connectivity index (χ0n) is 18.7. The molecule has 0 heterocycles. The van der Waals surface area contributed by atoms with Crippen LogP contribution < -0.4 is 0 Å². The summed E-state index contributed by atoms with van der Waals surface area (Å²) in [4.78, 5) is 0. The maximum atomic E-state index is 9.76. The van der Waals surface area contributed by atoms with Crippen molar-refractivity contribution in [1.82, 2.24) is 0 Å². The first-order valence-corrected chi connectivity index (χ1v) is 11.5. The summed E-state index contributed by atoms with van der Waals surface area (Å²) in [7, 11) is 0. The molecule has 0 aliphatic carbocycles. The van der Waals surface area contributed by atoms with Crippen LogP contribution in [0, 0.1) is 0 Å². The molecule has 0 amide bonds. The first kappa shape index (κ1) is 22.5. The van der Waals surface area contributed by atoms with E-state index in [1.165, 1.54) is 16.7 Å². The van der Waals surface area contributed by atoms with Crippen LogP contribution in [0.15, 0.2) is 91.0 Å². The normalized spacial score (nSPS) is 10.9. The van der Waals surface area contributed by atoms with Gasteiger partial charge in [-0.15, -0.1) is 0 Å². The summed E-state index contributed by atoms with van der Waals surface area (Å²) in [5.74, 6) is 0.914. The third-order valence-electron chi connectivity index (χ3n) is 5.95. The third kappa shape index (κ3) is 6.88. The SMILES string of the molecule is Oc1cccc(CCc2cc(CCc3cccc(O)c3)cc(CCc3cccc(O)c3)c2)c1. The number of phenols is 3. The number of aryl methyl sites for hydroxylation is 6. The second-order valence-electron chi connectivity index (χ2n) is 8.67. The van der Waals surface area contributed by atoms with Crippen LogP contribution in [0.5, 0.6) is 17.2 Å². The van der Waals surface area contributed by atoms with Gasteiger partial charge in [-0.1, -0.05) is 54.6 Å². The van der Waals surface area contributed by atoms with Crippen molar-refractivity contribution in [2.45, 2.75) is 38.5 Å². The highest BCUT2D eigenvalue weighted by Gasteiger charge is 2.06. The number of benzene rings is 4. The zero-order chi connectivity index (χ0) is 23.0. The van der Waals surface area contributed by atoms with Gasteiger partial charge in [-0.05, 0) is 108 Å². The van der Waals surface area contributed by atoms with Crippen LogP contribution in [0.3, 0.4) is 0 Å². The first-order valence-electron chi connectivity index (χ1n) is 11.5. The van der Waals surface area contributed by atoms with Gasteiger partial charge in [-0.3, -0.25) is 0 Å². The van der Waals surface area contributed by atoms with Crippen LogP contribution >= 0.6 is 0 Å². The minimum atomic E-state index is 0.305. The van der Waals surface area contributed by atoms with Crippen LogP contribution in [0.1, 0.15) is 33.4 Å². The smallest absolute Gasteiger partial charge is 0.115 e. The first-order chi connectivity index (χ1) is 16.0. The molecule has 0 aliphatic rings. The van der Waals surface area contributed by atoms with Gasteiger partial charge in [0.2, 0.25) is 0 Å². The molecule has 0 aliphatic heterocycles. The summed E-state index contributed by atoms with van der Waals surface area (Å²) in [6.45, 7) is 0. The Balaban J connectivity index is 1.50. The van der Waals surface area contributed by atoms with E-state index >= 15 is 0 Å². The van der Waals surface area contributed by atoms with E-state index in [9.17, 15) is 15.3 Å². The number of phenolic OH excluding ortho intramolecular Hbond substituents is 3. The average molecular weight is 439 g/mol. The topological polar surface area (TPSA) is 60.7 Å². The predicted molar refractivity (Wildman–Crippen MR) is 133 cm³/mol. The molecule has 0 spiro atoms. The van der Waals surface area contributed by atoms with Gasteiger partial charge in [0.1, 0.15) is 17.2 Å². The van der Waals surface area contributed by atoms with Gasteiger partial charge in [0.15, 0.2) is 0 Å². The van der Waals surface area contributed by atoms with E-state index in [1.807, 2.05) is 54.6 Å². The van der Waals surface area contributed by atoms with Gasteiger partial charge in [-0.25, -0.2) is 0 Å². The van der Waals surface area contributed by atoms with Gasteiger partial charge in [0.05, 0.1) is 0 Å². The van der Waals surface area contributed by atoms with Gasteiger partial charge in [-0.2, -0.15) is 0 Å². The van der Waals surface area contributed by atoms with Crippen molar-refractivity contribution in [1.29, 1.82) is 0 Å². The standard InChI is InChI=1S/C30H30O3/c31-28-7-1-4-22(19-28)10-13-25-16-26(14-11-23-5-2-8-29(32)20-23)18-27(17-25)15-12-24-6-3-9-30(33)21-24/h1-9,16-21,31-33H,10-15H2. The Bertz CT molecular complexity index is 1050. The Morgan fingerprint density at radius 3 is 0.879 bits per heavy atom. The van der Waals surface area contributed by atoms with Crippen molar-refractivity contribution in [3.05, 3.63) is 124 Å². The average Bonchev–Trinajstić information content (AvgIpc) is 2.80. The molecule has 0 radical (unpaired) electrons. The summed E-state index contributed by atoms with van der Waals surface area (Å²) in [6, 6.07) is 29.2. The minimum Gasteiger partial charge on any atom is -0.508 e. The van der Waals surface area contributed by atoms with Gasteiger partial charge < -0.3 is 15.3 Å². The lowest BCUT2D eigenvalue weighted by Crippen LogP contribution is -2.00. The van der Waals surface area contributed by atoms with Crippen molar-refractivity contribution in [3.63, 3.8) is 0 Å². The highest BCUT2D eigenvalue weighted by atomic mass is 16.3. The molecular formula is C30H30O3. The van der Waals surface area contributed by atoms with Crippen LogP contribution in [0.25, 0.3) is 0 Å². The van der Waals surface area contributed by atoms with Crippen molar-refractivity contribution in [2.24, 2.45) is 0 Å². The van der Waals surface area contributed by atoms with E-state index in [0.29, 0.717) is 17.2 Å². The molecule has 168 valence electrons. The molecule has 0 aromatic heterocycles. The number of aromatic hydroxyl groups is 3. The molecule has 3 N–H and O–H groups in total. The summed E-state index contributed by atoms with van der Waals surface area (Å²) in [6.07, 6.45) is 5.33. The maximum Gasteiger partial charge on any atom is 0.115 e. The van der Waals surface area contributed by atoms with Crippen molar-refractivity contribution < 1.29 is 15.3 Å². The molecule has 3 nitrogen and oxygen atoms in total. The molecule has 0 saturated heterocycles. The molecule has 4 rings (SSSR count). The van der Waals surface area contributed by atoms with Gasteiger partial charge in [0, 0.05) is 0 Å². The maximum absolute atomic E-state index is 9.76. The van der Waals surface area contributed by atoms with E-state index in [-0.39, 0.29) is 0 Å². The van der Waals surface area contributed by atoms with E-state index < -0.39 is 0 Å². The monoisotopic (exact) mass is 438 g/mol. The minimum absolute atomic E-state index is 0.305. The van der Waals surface area contributed by atoms with Crippen molar-refractivity contribution >= 4 is 0 Å². The molecule has 4 aromatic rings. The van der Waals surface area contributed by atoms with E-state index in [0.717, 1.165) is 55.2 Å². The molecule has 0 fully saturated rings. The van der Waals surface area contributed by atoms with Crippen LogP contribution in [0.2, 0.25) is 0 Å². The zero-order valence-corrected chi connectivity index (χ0v) is 18.7. The Morgan fingerprint density at radius 1 is 0.333 bits per heavy atom. The molecule has 0 bridgehead atoms. The van der Waals surface area contributed by atoms with Gasteiger partial charge >= 0.3 is 0 Å². The molecular weight excluding hydrogens is 408 g/mol. The lowest BCUT2D eigenvalue weighted by molar-refractivity contribution is 0.474. The number of rotatable bonds is 9. The fraction of sp³-hybridized carbons (Fsp3) is 0.200. The lowest BCUT2D eigenvalue weighted by Gasteiger charge is -2.11. The van der Waals surface area contributed by atoms with Crippen molar-refractivity contribution in [3.8, 4) is 17.2 Å². The lowest BCUT2D eigenvalue weighted by atomic mass is 9.94. The predicted octanol–water partition coefficient (Wildman–Crippen LogP) is 6.16. The highest BCUT2D eigenvalue weighted by Crippen LogP contribution is 2.20.